The van der Waals surface area contributed by atoms with Gasteiger partial charge in [0.15, 0.2) is 0 Å². The maximum absolute atomic E-state index is 11.0. The fraction of sp³-hybridized carbons (Fsp3) is 0.200. The van der Waals surface area contributed by atoms with Crippen LogP contribution in [-0.4, -0.2) is 16.9 Å². The molecular formula is C10H9BrO3. The van der Waals surface area contributed by atoms with Crippen molar-refractivity contribution in [2.24, 2.45) is 0 Å². The Bertz CT molecular complexity index is 385. The van der Waals surface area contributed by atoms with Crippen LogP contribution < -0.4 is 0 Å². The number of hydrogen-bond acceptors (Lipinski definition) is 2. The van der Waals surface area contributed by atoms with Gasteiger partial charge in [0, 0.05) is 10.9 Å². The van der Waals surface area contributed by atoms with Gasteiger partial charge < -0.3 is 5.11 Å². The average molecular weight is 257 g/mol. The fourth-order valence-corrected chi connectivity index (χ4v) is 1.50. The summed E-state index contributed by atoms with van der Waals surface area (Å²) < 4.78 is 0.883. The smallest absolute Gasteiger partial charge is 0.372 e. The first-order valence-electron chi connectivity index (χ1n) is 4.02. The second kappa shape index (κ2) is 4.37. The highest BCUT2D eigenvalue weighted by molar-refractivity contribution is 9.10. The molecule has 0 aliphatic carbocycles. The minimum absolute atomic E-state index is 0.0550. The number of rotatable bonds is 3. The number of halogens is 1. The number of hydrogen-bond donors (Lipinski definition) is 1. The van der Waals surface area contributed by atoms with Crippen molar-refractivity contribution >= 4 is 27.7 Å². The molecule has 1 rings (SSSR count). The highest BCUT2D eigenvalue weighted by Gasteiger charge is 2.13. The predicted molar refractivity (Wildman–Crippen MR) is 55.2 cm³/mol. The number of benzene rings is 1. The molecule has 0 unspecified atom stereocenters. The fourth-order valence-electron chi connectivity index (χ4n) is 1.09. The molecule has 0 heterocycles. The maximum Gasteiger partial charge on any atom is 0.372 e. The Morgan fingerprint density at radius 2 is 2.07 bits per heavy atom. The van der Waals surface area contributed by atoms with Crippen LogP contribution in [0.25, 0.3) is 0 Å². The molecule has 0 radical (unpaired) electrons. The number of Topliss-reactive ketones (excluding diaryl/α,β-unsaturated/α-hetero) is 1. The van der Waals surface area contributed by atoms with Gasteiger partial charge in [0.25, 0.3) is 0 Å². The van der Waals surface area contributed by atoms with Gasteiger partial charge in [0.05, 0.1) is 0 Å². The molecule has 0 fully saturated rings. The summed E-state index contributed by atoms with van der Waals surface area (Å²) in [6.45, 7) is 1.84. The van der Waals surface area contributed by atoms with Crippen LogP contribution in [0, 0.1) is 6.92 Å². The Morgan fingerprint density at radius 1 is 1.43 bits per heavy atom. The van der Waals surface area contributed by atoms with Crippen LogP contribution in [0.5, 0.6) is 0 Å². The monoisotopic (exact) mass is 256 g/mol. The van der Waals surface area contributed by atoms with Crippen molar-refractivity contribution in [1.29, 1.82) is 0 Å². The molecule has 0 aromatic heterocycles. The van der Waals surface area contributed by atoms with Gasteiger partial charge in [0.1, 0.15) is 0 Å². The molecule has 0 aliphatic heterocycles. The quantitative estimate of drug-likeness (QED) is 0.842. The molecule has 4 heteroatoms. The molecule has 1 aromatic carbocycles. The summed E-state index contributed by atoms with van der Waals surface area (Å²) in [7, 11) is 0. The molecule has 1 aromatic rings. The van der Waals surface area contributed by atoms with E-state index in [0.29, 0.717) is 0 Å². The Balaban J connectivity index is 2.93. The first-order chi connectivity index (χ1) is 6.52. The highest BCUT2D eigenvalue weighted by Crippen LogP contribution is 2.19. The van der Waals surface area contributed by atoms with Crippen LogP contribution in [-0.2, 0) is 16.0 Å². The largest absolute Gasteiger partial charge is 0.475 e. The Labute approximate surface area is 89.9 Å². The van der Waals surface area contributed by atoms with E-state index in [4.69, 9.17) is 5.11 Å². The molecule has 0 bridgehead atoms. The van der Waals surface area contributed by atoms with E-state index in [1.165, 1.54) is 0 Å². The average Bonchev–Trinajstić information content (AvgIpc) is 2.12. The van der Waals surface area contributed by atoms with Crippen molar-refractivity contribution in [2.75, 3.05) is 0 Å². The predicted octanol–water partition coefficient (Wildman–Crippen LogP) is 1.95. The molecule has 0 amide bonds. The number of ketones is 1. The third kappa shape index (κ3) is 2.42. The van der Waals surface area contributed by atoms with E-state index in [0.717, 1.165) is 15.6 Å². The lowest BCUT2D eigenvalue weighted by molar-refractivity contribution is -0.148. The van der Waals surface area contributed by atoms with Gasteiger partial charge in [-0.25, -0.2) is 4.79 Å². The molecule has 0 saturated carbocycles. The normalized spacial score (nSPS) is 9.86. The molecule has 3 nitrogen and oxygen atoms in total. The lowest BCUT2D eigenvalue weighted by Crippen LogP contribution is -2.15. The van der Waals surface area contributed by atoms with E-state index < -0.39 is 11.8 Å². The summed E-state index contributed by atoms with van der Waals surface area (Å²) in [5.41, 5.74) is 1.65. The minimum atomic E-state index is -1.38. The molecule has 0 spiro atoms. The van der Waals surface area contributed by atoms with E-state index in [9.17, 15) is 9.59 Å². The molecule has 0 aliphatic rings. The topological polar surface area (TPSA) is 54.4 Å². The van der Waals surface area contributed by atoms with Gasteiger partial charge in [-0.15, -0.1) is 0 Å². The van der Waals surface area contributed by atoms with Gasteiger partial charge in [-0.2, -0.15) is 0 Å². The van der Waals surface area contributed by atoms with Crippen molar-refractivity contribution in [1.82, 2.24) is 0 Å². The second-order valence-electron chi connectivity index (χ2n) is 2.93. The molecule has 0 saturated heterocycles. The van der Waals surface area contributed by atoms with E-state index >= 15 is 0 Å². The molecular weight excluding hydrogens is 248 g/mol. The third-order valence-corrected chi connectivity index (χ3v) is 2.83. The zero-order chi connectivity index (χ0) is 10.7. The number of aliphatic carboxylic acids is 1. The summed E-state index contributed by atoms with van der Waals surface area (Å²) in [6, 6.07) is 5.38. The number of carbonyl (C=O) groups is 2. The summed E-state index contributed by atoms with van der Waals surface area (Å²) in [5, 5.41) is 8.44. The van der Waals surface area contributed by atoms with Crippen molar-refractivity contribution in [3.8, 4) is 0 Å². The SMILES string of the molecule is Cc1c(Br)cccc1CC(=O)C(=O)O. The standard InChI is InChI=1S/C10H9BrO3/c1-6-7(3-2-4-8(6)11)5-9(12)10(13)14/h2-4H,5H2,1H3,(H,13,14). The summed E-state index contributed by atoms with van der Waals surface area (Å²) >= 11 is 3.31. The molecule has 0 atom stereocenters. The summed E-state index contributed by atoms with van der Waals surface area (Å²) in [5.74, 6) is -2.17. The lowest BCUT2D eigenvalue weighted by Gasteiger charge is -2.04. The molecule has 14 heavy (non-hydrogen) atoms. The van der Waals surface area contributed by atoms with Crippen molar-refractivity contribution in [3.05, 3.63) is 33.8 Å². The zero-order valence-electron chi connectivity index (χ0n) is 7.58. The van der Waals surface area contributed by atoms with Crippen molar-refractivity contribution < 1.29 is 14.7 Å². The Kier molecular flexibility index (Phi) is 3.41. The van der Waals surface area contributed by atoms with Gasteiger partial charge in [-0.05, 0) is 24.1 Å². The number of carboxylic acid groups (broad SMARTS) is 1. The van der Waals surface area contributed by atoms with Gasteiger partial charge >= 0.3 is 5.97 Å². The second-order valence-corrected chi connectivity index (χ2v) is 3.78. The first kappa shape index (κ1) is 10.9. The van der Waals surface area contributed by atoms with Gasteiger partial charge in [-0.3, -0.25) is 4.79 Å². The van der Waals surface area contributed by atoms with E-state index in [1.54, 1.807) is 12.1 Å². The Morgan fingerprint density at radius 3 is 2.64 bits per heavy atom. The summed E-state index contributed by atoms with van der Waals surface area (Å²) in [4.78, 5) is 21.3. The van der Waals surface area contributed by atoms with E-state index in [2.05, 4.69) is 15.9 Å². The third-order valence-electron chi connectivity index (χ3n) is 1.97. The highest BCUT2D eigenvalue weighted by atomic mass is 79.9. The van der Waals surface area contributed by atoms with Crippen LogP contribution in [0.15, 0.2) is 22.7 Å². The number of carbonyl (C=O) groups excluding carboxylic acids is 1. The summed E-state index contributed by atoms with van der Waals surface area (Å²) in [6.07, 6.45) is -0.0550. The van der Waals surface area contributed by atoms with E-state index in [1.807, 2.05) is 13.0 Å². The zero-order valence-corrected chi connectivity index (χ0v) is 9.17. The van der Waals surface area contributed by atoms with Crippen LogP contribution in [0.3, 0.4) is 0 Å². The van der Waals surface area contributed by atoms with Crippen LogP contribution >= 0.6 is 15.9 Å². The minimum Gasteiger partial charge on any atom is -0.475 e. The van der Waals surface area contributed by atoms with Gasteiger partial charge in [-0.1, -0.05) is 28.1 Å². The maximum atomic E-state index is 11.0. The van der Waals surface area contributed by atoms with E-state index in [-0.39, 0.29) is 6.42 Å². The van der Waals surface area contributed by atoms with Crippen LogP contribution in [0.4, 0.5) is 0 Å². The Hall–Kier alpha value is -1.16. The van der Waals surface area contributed by atoms with Gasteiger partial charge in [0.2, 0.25) is 5.78 Å². The van der Waals surface area contributed by atoms with Crippen molar-refractivity contribution in [3.63, 3.8) is 0 Å². The number of carboxylic acids is 1. The van der Waals surface area contributed by atoms with Crippen LogP contribution in [0.2, 0.25) is 0 Å². The molecule has 74 valence electrons. The lowest BCUT2D eigenvalue weighted by atomic mass is 10.0. The van der Waals surface area contributed by atoms with Crippen LogP contribution in [0.1, 0.15) is 11.1 Å². The molecule has 1 N–H and O–H groups in total. The first-order valence-corrected chi connectivity index (χ1v) is 4.81. The van der Waals surface area contributed by atoms with Crippen molar-refractivity contribution in [2.45, 2.75) is 13.3 Å².